The molecule has 0 aromatic carbocycles. The van der Waals surface area contributed by atoms with E-state index in [-0.39, 0.29) is 29.5 Å². The van der Waals surface area contributed by atoms with Gasteiger partial charge in [-0.3, -0.25) is 4.79 Å². The largest absolute Gasteiger partial charge is 2.00 e. The maximum absolute atomic E-state index is 10.1. The Morgan fingerprint density at radius 2 is 1.92 bits per heavy atom. The summed E-state index contributed by atoms with van der Waals surface area (Å²) in [6, 6.07) is -0.716. The SMILES string of the molecule is Cl.NCCCCC(N)C(=O)O.[Fe+2]. The number of hydrogen-bond donors (Lipinski definition) is 3. The summed E-state index contributed by atoms with van der Waals surface area (Å²) in [4.78, 5) is 10.1. The van der Waals surface area contributed by atoms with E-state index in [1.54, 1.807) is 0 Å². The van der Waals surface area contributed by atoms with Crippen molar-refractivity contribution in [1.29, 1.82) is 0 Å². The molecule has 6 heteroatoms. The van der Waals surface area contributed by atoms with Crippen LogP contribution in [-0.2, 0) is 21.9 Å². The van der Waals surface area contributed by atoms with Crippen LogP contribution in [0.3, 0.4) is 0 Å². The monoisotopic (exact) mass is 238 g/mol. The van der Waals surface area contributed by atoms with E-state index in [2.05, 4.69) is 0 Å². The predicted octanol–water partition coefficient (Wildman–Crippen LogP) is -0.0534. The molecule has 0 aliphatic rings. The minimum Gasteiger partial charge on any atom is -0.480 e. The van der Waals surface area contributed by atoms with Crippen molar-refractivity contribution in [2.45, 2.75) is 25.3 Å². The molecule has 1 unspecified atom stereocenters. The van der Waals surface area contributed by atoms with Gasteiger partial charge in [0.2, 0.25) is 0 Å². The van der Waals surface area contributed by atoms with Crippen LogP contribution in [0.2, 0.25) is 0 Å². The standard InChI is InChI=1S/C6H14N2O2.ClH.Fe/c7-4-2-1-3-5(8)6(9)10;;/h5H,1-4,7-8H2,(H,9,10);1H;/q;;+2. The van der Waals surface area contributed by atoms with Crippen molar-refractivity contribution >= 4 is 18.4 Å². The molecule has 0 amide bonds. The van der Waals surface area contributed by atoms with Crippen LogP contribution in [0.5, 0.6) is 0 Å². The van der Waals surface area contributed by atoms with Gasteiger partial charge in [0.15, 0.2) is 0 Å². The Bertz CT molecular complexity index is 116. The minimum atomic E-state index is -0.933. The van der Waals surface area contributed by atoms with Crippen LogP contribution < -0.4 is 11.5 Å². The first-order valence-corrected chi connectivity index (χ1v) is 3.37. The van der Waals surface area contributed by atoms with Crippen molar-refractivity contribution in [3.05, 3.63) is 0 Å². The molecule has 4 nitrogen and oxygen atoms in total. The average molecular weight is 238 g/mol. The number of carboxylic acid groups (broad SMARTS) is 1. The summed E-state index contributed by atoms with van der Waals surface area (Å²) in [6.45, 7) is 0.604. The van der Waals surface area contributed by atoms with Gasteiger partial charge in [0.1, 0.15) is 6.04 Å². The van der Waals surface area contributed by atoms with Gasteiger partial charge < -0.3 is 16.6 Å². The molecule has 12 heavy (non-hydrogen) atoms. The van der Waals surface area contributed by atoms with E-state index in [9.17, 15) is 4.79 Å². The molecule has 0 spiro atoms. The third-order valence-corrected chi connectivity index (χ3v) is 1.29. The van der Waals surface area contributed by atoms with E-state index in [0.29, 0.717) is 13.0 Å². The molecular weight excluding hydrogens is 223 g/mol. The Hall–Kier alpha value is 0.199. The van der Waals surface area contributed by atoms with Gasteiger partial charge in [-0.2, -0.15) is 0 Å². The summed E-state index contributed by atoms with van der Waals surface area (Å²) >= 11 is 0. The summed E-state index contributed by atoms with van der Waals surface area (Å²) in [5.41, 5.74) is 10.4. The summed E-state index contributed by atoms with van der Waals surface area (Å²) in [5, 5.41) is 8.33. The number of rotatable bonds is 5. The molecule has 0 aliphatic heterocycles. The quantitative estimate of drug-likeness (QED) is 0.463. The second kappa shape index (κ2) is 11.2. The van der Waals surface area contributed by atoms with Crippen LogP contribution in [0.25, 0.3) is 0 Å². The maximum atomic E-state index is 10.1. The second-order valence-electron chi connectivity index (χ2n) is 2.23. The van der Waals surface area contributed by atoms with Crippen LogP contribution in [0.4, 0.5) is 0 Å². The molecule has 0 aromatic rings. The zero-order valence-corrected chi connectivity index (χ0v) is 8.60. The first-order valence-electron chi connectivity index (χ1n) is 3.37. The van der Waals surface area contributed by atoms with Gasteiger partial charge >= 0.3 is 23.0 Å². The number of aliphatic carboxylic acids is 1. The van der Waals surface area contributed by atoms with Gasteiger partial charge in [0.05, 0.1) is 0 Å². The molecule has 0 radical (unpaired) electrons. The Balaban J connectivity index is -0.000000405. The fraction of sp³-hybridized carbons (Fsp3) is 0.833. The third kappa shape index (κ3) is 10.2. The summed E-state index contributed by atoms with van der Waals surface area (Å²) in [6.07, 6.45) is 2.16. The van der Waals surface area contributed by atoms with Crippen molar-refractivity contribution in [3.8, 4) is 0 Å². The molecule has 0 heterocycles. The summed E-state index contributed by atoms with van der Waals surface area (Å²) in [7, 11) is 0. The fourth-order valence-corrected chi connectivity index (χ4v) is 0.632. The summed E-state index contributed by atoms with van der Waals surface area (Å²) < 4.78 is 0. The fourth-order valence-electron chi connectivity index (χ4n) is 0.632. The van der Waals surface area contributed by atoms with E-state index < -0.39 is 12.0 Å². The number of unbranched alkanes of at least 4 members (excludes halogenated alkanes) is 1. The average Bonchev–Trinajstić information content (AvgIpc) is 1.88. The van der Waals surface area contributed by atoms with E-state index in [4.69, 9.17) is 16.6 Å². The van der Waals surface area contributed by atoms with Crippen molar-refractivity contribution in [1.82, 2.24) is 0 Å². The first-order chi connectivity index (χ1) is 4.68. The molecule has 0 bridgehead atoms. The topological polar surface area (TPSA) is 89.3 Å². The van der Waals surface area contributed by atoms with E-state index in [1.807, 2.05) is 0 Å². The Labute approximate surface area is 88.9 Å². The minimum absolute atomic E-state index is 0. The van der Waals surface area contributed by atoms with E-state index in [1.165, 1.54) is 0 Å². The van der Waals surface area contributed by atoms with Crippen LogP contribution in [0.1, 0.15) is 19.3 Å². The zero-order chi connectivity index (χ0) is 7.98. The number of carbonyl (C=O) groups is 1. The number of carboxylic acids is 1. The van der Waals surface area contributed by atoms with Gasteiger partial charge in [-0.15, -0.1) is 12.4 Å². The molecule has 74 valence electrons. The Morgan fingerprint density at radius 1 is 1.42 bits per heavy atom. The van der Waals surface area contributed by atoms with Gasteiger partial charge in [-0.25, -0.2) is 0 Å². The smallest absolute Gasteiger partial charge is 0.480 e. The van der Waals surface area contributed by atoms with Crippen LogP contribution >= 0.6 is 12.4 Å². The van der Waals surface area contributed by atoms with Gasteiger partial charge in [0, 0.05) is 0 Å². The predicted molar refractivity (Wildman–Crippen MR) is 45.8 cm³/mol. The molecular formula is C6H15ClFeN2O2+2. The van der Waals surface area contributed by atoms with Crippen molar-refractivity contribution in [2.75, 3.05) is 6.54 Å². The molecule has 0 aromatic heterocycles. The van der Waals surface area contributed by atoms with Gasteiger partial charge in [-0.05, 0) is 19.4 Å². The molecule has 1 atom stereocenters. The zero-order valence-electron chi connectivity index (χ0n) is 6.68. The molecule has 5 N–H and O–H groups in total. The van der Waals surface area contributed by atoms with Crippen molar-refractivity contribution in [2.24, 2.45) is 11.5 Å². The Kier molecular flexibility index (Phi) is 16.9. The number of nitrogens with two attached hydrogens (primary N) is 2. The van der Waals surface area contributed by atoms with Gasteiger partial charge in [-0.1, -0.05) is 6.42 Å². The maximum Gasteiger partial charge on any atom is 2.00 e. The second-order valence-corrected chi connectivity index (χ2v) is 2.23. The number of halogens is 1. The molecule has 0 saturated heterocycles. The normalized spacial score (nSPS) is 10.8. The molecule has 0 saturated carbocycles. The van der Waals surface area contributed by atoms with Crippen LogP contribution in [0, 0.1) is 0 Å². The molecule has 0 aliphatic carbocycles. The van der Waals surface area contributed by atoms with Crippen LogP contribution in [-0.4, -0.2) is 23.7 Å². The molecule has 0 fully saturated rings. The number of hydrogen-bond acceptors (Lipinski definition) is 3. The summed E-state index contributed by atoms with van der Waals surface area (Å²) in [5.74, 6) is -0.933. The van der Waals surface area contributed by atoms with Crippen molar-refractivity contribution in [3.63, 3.8) is 0 Å². The third-order valence-electron chi connectivity index (χ3n) is 1.29. The van der Waals surface area contributed by atoms with E-state index >= 15 is 0 Å². The molecule has 0 rings (SSSR count). The Morgan fingerprint density at radius 3 is 2.25 bits per heavy atom. The van der Waals surface area contributed by atoms with Crippen LogP contribution in [0.15, 0.2) is 0 Å². The van der Waals surface area contributed by atoms with Crippen molar-refractivity contribution < 1.29 is 27.0 Å². The van der Waals surface area contributed by atoms with Gasteiger partial charge in [0.25, 0.3) is 0 Å². The first kappa shape index (κ1) is 18.1. The van der Waals surface area contributed by atoms with E-state index in [0.717, 1.165) is 12.8 Å².